The molecule has 16 heavy (non-hydrogen) atoms. The molecule has 2 aromatic rings. The van der Waals surface area contributed by atoms with Crippen LogP contribution in [0.4, 0.5) is 0 Å². The molecule has 1 heterocycles. The SMILES string of the molecule is c1cc2c3c(c1)-c1ccncc1C3CCC2. The first-order valence-electron chi connectivity index (χ1n) is 6.01. The maximum Gasteiger partial charge on any atom is 0.0312 e. The van der Waals surface area contributed by atoms with Crippen molar-refractivity contribution >= 4 is 0 Å². The van der Waals surface area contributed by atoms with Crippen LogP contribution >= 0.6 is 0 Å². The number of hydrogen-bond donors (Lipinski definition) is 0. The molecule has 0 saturated carbocycles. The second kappa shape index (κ2) is 2.94. The van der Waals surface area contributed by atoms with Gasteiger partial charge in [-0.2, -0.15) is 0 Å². The van der Waals surface area contributed by atoms with Crippen LogP contribution in [0.5, 0.6) is 0 Å². The van der Waals surface area contributed by atoms with Gasteiger partial charge in [-0.15, -0.1) is 0 Å². The van der Waals surface area contributed by atoms with E-state index in [-0.39, 0.29) is 0 Å². The fourth-order valence-corrected chi connectivity index (χ4v) is 3.36. The minimum absolute atomic E-state index is 0.628. The lowest BCUT2D eigenvalue weighted by Crippen LogP contribution is -2.07. The quantitative estimate of drug-likeness (QED) is 0.644. The molecule has 78 valence electrons. The monoisotopic (exact) mass is 207 g/mol. The zero-order valence-corrected chi connectivity index (χ0v) is 9.11. The molecule has 0 bridgehead atoms. The second-order valence-corrected chi connectivity index (χ2v) is 4.79. The van der Waals surface area contributed by atoms with Crippen LogP contribution in [-0.4, -0.2) is 4.98 Å². The van der Waals surface area contributed by atoms with E-state index in [9.17, 15) is 0 Å². The summed E-state index contributed by atoms with van der Waals surface area (Å²) >= 11 is 0. The van der Waals surface area contributed by atoms with Crippen molar-refractivity contribution in [1.29, 1.82) is 0 Å². The van der Waals surface area contributed by atoms with Crippen molar-refractivity contribution in [3.63, 3.8) is 0 Å². The zero-order valence-electron chi connectivity index (χ0n) is 9.11. The van der Waals surface area contributed by atoms with Crippen molar-refractivity contribution in [2.24, 2.45) is 0 Å². The smallest absolute Gasteiger partial charge is 0.0312 e. The number of nitrogens with zero attached hydrogens (tertiary/aromatic N) is 1. The van der Waals surface area contributed by atoms with E-state index < -0.39 is 0 Å². The fraction of sp³-hybridized carbons (Fsp3) is 0.267. The third-order valence-corrected chi connectivity index (χ3v) is 4.00. The summed E-state index contributed by atoms with van der Waals surface area (Å²) in [5.41, 5.74) is 7.48. The van der Waals surface area contributed by atoms with Crippen molar-refractivity contribution in [2.45, 2.75) is 25.2 Å². The Morgan fingerprint density at radius 2 is 2.12 bits per heavy atom. The standard InChI is InChI=1S/C15H13N/c1-3-10-4-2-6-13-14-9-16-8-7-11(14)12(5-1)15(10)13/h1,3,5,7-9,13H,2,4,6H2. The summed E-state index contributed by atoms with van der Waals surface area (Å²) in [6.07, 6.45) is 7.84. The van der Waals surface area contributed by atoms with Crippen molar-refractivity contribution in [1.82, 2.24) is 4.98 Å². The predicted molar refractivity (Wildman–Crippen MR) is 64.5 cm³/mol. The van der Waals surface area contributed by atoms with Crippen LogP contribution < -0.4 is 0 Å². The Hall–Kier alpha value is -1.63. The average Bonchev–Trinajstić information content (AvgIpc) is 2.68. The van der Waals surface area contributed by atoms with Crippen molar-refractivity contribution in [3.05, 3.63) is 53.3 Å². The van der Waals surface area contributed by atoms with Gasteiger partial charge in [-0.05, 0) is 53.1 Å². The molecular formula is C15H13N. The molecule has 0 radical (unpaired) electrons. The van der Waals surface area contributed by atoms with E-state index in [4.69, 9.17) is 0 Å². The number of rotatable bonds is 0. The molecule has 1 aromatic heterocycles. The van der Waals surface area contributed by atoms with Crippen LogP contribution in [0.25, 0.3) is 11.1 Å². The molecule has 1 unspecified atom stereocenters. The Balaban J connectivity index is 2.10. The van der Waals surface area contributed by atoms with Crippen molar-refractivity contribution in [2.75, 3.05) is 0 Å². The molecule has 0 fully saturated rings. The van der Waals surface area contributed by atoms with Gasteiger partial charge in [-0.1, -0.05) is 18.2 Å². The molecule has 1 atom stereocenters. The third kappa shape index (κ3) is 0.934. The molecule has 4 rings (SSSR count). The first-order valence-corrected chi connectivity index (χ1v) is 6.01. The van der Waals surface area contributed by atoms with Gasteiger partial charge in [0.1, 0.15) is 0 Å². The highest BCUT2D eigenvalue weighted by molar-refractivity contribution is 5.79. The van der Waals surface area contributed by atoms with Crippen LogP contribution in [0, 0.1) is 0 Å². The molecule has 0 spiro atoms. The second-order valence-electron chi connectivity index (χ2n) is 4.79. The minimum atomic E-state index is 0.628. The largest absolute Gasteiger partial charge is 0.264 e. The molecule has 0 aliphatic heterocycles. The lowest BCUT2D eigenvalue weighted by molar-refractivity contribution is 0.626. The molecule has 1 aromatic carbocycles. The van der Waals surface area contributed by atoms with Gasteiger partial charge in [-0.25, -0.2) is 0 Å². The van der Waals surface area contributed by atoms with Crippen LogP contribution in [0.2, 0.25) is 0 Å². The molecular weight excluding hydrogens is 194 g/mol. The van der Waals surface area contributed by atoms with E-state index in [1.54, 1.807) is 11.1 Å². The molecule has 1 heteroatoms. The van der Waals surface area contributed by atoms with Crippen molar-refractivity contribution < 1.29 is 0 Å². The number of benzene rings is 1. The van der Waals surface area contributed by atoms with Crippen LogP contribution in [0.3, 0.4) is 0 Å². The van der Waals surface area contributed by atoms with E-state index in [0.717, 1.165) is 0 Å². The Morgan fingerprint density at radius 3 is 3.12 bits per heavy atom. The molecule has 2 aliphatic rings. The number of aromatic nitrogens is 1. The Morgan fingerprint density at radius 1 is 1.12 bits per heavy atom. The maximum absolute atomic E-state index is 4.29. The molecule has 1 nitrogen and oxygen atoms in total. The summed E-state index contributed by atoms with van der Waals surface area (Å²) in [6.45, 7) is 0. The summed E-state index contributed by atoms with van der Waals surface area (Å²) in [5, 5.41) is 0. The molecule has 0 amide bonds. The van der Waals surface area contributed by atoms with E-state index in [1.807, 2.05) is 6.20 Å². The lowest BCUT2D eigenvalue weighted by atomic mass is 9.82. The van der Waals surface area contributed by atoms with Gasteiger partial charge < -0.3 is 0 Å². The number of fused-ring (bicyclic) bond motifs is 3. The van der Waals surface area contributed by atoms with Gasteiger partial charge in [0.25, 0.3) is 0 Å². The first kappa shape index (κ1) is 8.51. The number of hydrogen-bond acceptors (Lipinski definition) is 1. The minimum Gasteiger partial charge on any atom is -0.264 e. The topological polar surface area (TPSA) is 12.9 Å². The van der Waals surface area contributed by atoms with E-state index >= 15 is 0 Å². The van der Waals surface area contributed by atoms with Gasteiger partial charge in [0, 0.05) is 18.3 Å². The van der Waals surface area contributed by atoms with Gasteiger partial charge in [0.2, 0.25) is 0 Å². The summed E-state index contributed by atoms with van der Waals surface area (Å²) in [6, 6.07) is 8.93. The highest BCUT2D eigenvalue weighted by Gasteiger charge is 2.32. The number of aryl methyl sites for hydroxylation is 1. The Kier molecular flexibility index (Phi) is 1.57. The van der Waals surface area contributed by atoms with Crippen LogP contribution in [0.15, 0.2) is 36.7 Å². The highest BCUT2D eigenvalue weighted by Crippen LogP contribution is 2.50. The average molecular weight is 207 g/mol. The predicted octanol–water partition coefficient (Wildman–Crippen LogP) is 3.53. The highest BCUT2D eigenvalue weighted by atomic mass is 14.6. The lowest BCUT2D eigenvalue weighted by Gasteiger charge is -2.22. The summed E-state index contributed by atoms with van der Waals surface area (Å²) < 4.78 is 0. The normalized spacial score (nSPS) is 20.4. The van der Waals surface area contributed by atoms with Crippen LogP contribution in [-0.2, 0) is 6.42 Å². The zero-order chi connectivity index (χ0) is 10.5. The fourth-order valence-electron chi connectivity index (χ4n) is 3.36. The third-order valence-electron chi connectivity index (χ3n) is 4.00. The van der Waals surface area contributed by atoms with E-state index in [1.165, 1.54) is 36.0 Å². The molecule has 0 N–H and O–H groups in total. The van der Waals surface area contributed by atoms with Gasteiger partial charge >= 0.3 is 0 Å². The number of pyridine rings is 1. The maximum atomic E-state index is 4.29. The molecule has 0 saturated heterocycles. The van der Waals surface area contributed by atoms with Crippen molar-refractivity contribution in [3.8, 4) is 11.1 Å². The van der Waals surface area contributed by atoms with Gasteiger partial charge in [0.15, 0.2) is 0 Å². The Bertz CT molecular complexity index is 571. The van der Waals surface area contributed by atoms with E-state index in [0.29, 0.717) is 5.92 Å². The van der Waals surface area contributed by atoms with Crippen LogP contribution in [0.1, 0.15) is 35.4 Å². The summed E-state index contributed by atoms with van der Waals surface area (Å²) in [5.74, 6) is 0.628. The van der Waals surface area contributed by atoms with E-state index in [2.05, 4.69) is 35.4 Å². The van der Waals surface area contributed by atoms with Gasteiger partial charge in [0.05, 0.1) is 0 Å². The molecule has 2 aliphatic carbocycles. The summed E-state index contributed by atoms with van der Waals surface area (Å²) in [7, 11) is 0. The first-order chi connectivity index (χ1) is 7.95. The Labute approximate surface area is 95.2 Å². The summed E-state index contributed by atoms with van der Waals surface area (Å²) in [4.78, 5) is 4.29. The van der Waals surface area contributed by atoms with Gasteiger partial charge in [-0.3, -0.25) is 4.98 Å².